The number of unbranched alkanes of at least 4 members (excludes halogenated alkanes) is 1. The van der Waals surface area contributed by atoms with E-state index in [2.05, 4.69) is 53.3 Å². The molecule has 3 heteroatoms. The lowest BCUT2D eigenvalue weighted by molar-refractivity contribution is 0.191. The Morgan fingerprint density at radius 3 is 2.67 bits per heavy atom. The summed E-state index contributed by atoms with van der Waals surface area (Å²) in [5.74, 6) is 0. The molecule has 0 bridgehead atoms. The lowest BCUT2D eigenvalue weighted by Crippen LogP contribution is -2.21. The van der Waals surface area contributed by atoms with E-state index in [0.717, 1.165) is 30.5 Å². The summed E-state index contributed by atoms with van der Waals surface area (Å²) in [4.78, 5) is 0. The van der Waals surface area contributed by atoms with Crippen molar-refractivity contribution in [1.29, 1.82) is 0 Å². The lowest BCUT2D eigenvalue weighted by Gasteiger charge is -2.19. The Bertz CT molecular complexity index is 334. The minimum atomic E-state index is 0.447. The molecule has 0 aliphatic rings. The molecule has 0 aliphatic heterocycles. The highest BCUT2D eigenvalue weighted by molar-refractivity contribution is 9.10. The number of hydrogen-bond donors (Lipinski definition) is 1. The van der Waals surface area contributed by atoms with Crippen LogP contribution in [0.4, 0.5) is 0 Å². The minimum Gasteiger partial charge on any atom is -0.385 e. The molecule has 0 radical (unpaired) electrons. The summed E-state index contributed by atoms with van der Waals surface area (Å²) in [6, 6.07) is 7.09. The monoisotopic (exact) mass is 313 g/mol. The summed E-state index contributed by atoms with van der Waals surface area (Å²) >= 11 is 3.58. The van der Waals surface area contributed by atoms with Crippen molar-refractivity contribution in [2.75, 3.05) is 20.3 Å². The number of rotatable bonds is 8. The SMILES string of the molecule is CCNC(CCCCOC)c1cc(C)cc(Br)c1. The van der Waals surface area contributed by atoms with Gasteiger partial charge in [0.25, 0.3) is 0 Å². The van der Waals surface area contributed by atoms with Gasteiger partial charge in [0, 0.05) is 24.2 Å². The van der Waals surface area contributed by atoms with Crippen LogP contribution in [-0.2, 0) is 4.74 Å². The topological polar surface area (TPSA) is 21.3 Å². The highest BCUT2D eigenvalue weighted by atomic mass is 79.9. The summed E-state index contributed by atoms with van der Waals surface area (Å²) in [6.45, 7) is 6.16. The van der Waals surface area contributed by atoms with Gasteiger partial charge in [-0.25, -0.2) is 0 Å². The van der Waals surface area contributed by atoms with E-state index in [1.54, 1.807) is 7.11 Å². The summed E-state index contributed by atoms with van der Waals surface area (Å²) in [7, 11) is 1.76. The first-order chi connectivity index (χ1) is 8.67. The number of aryl methyl sites for hydroxylation is 1. The predicted molar refractivity (Wildman–Crippen MR) is 81.0 cm³/mol. The number of halogens is 1. The Balaban J connectivity index is 2.64. The molecule has 1 aromatic carbocycles. The zero-order valence-corrected chi connectivity index (χ0v) is 13.2. The van der Waals surface area contributed by atoms with Crippen LogP contribution in [0.5, 0.6) is 0 Å². The first kappa shape index (κ1) is 15.7. The molecule has 1 rings (SSSR count). The number of ether oxygens (including phenoxy) is 1. The second kappa shape index (κ2) is 8.68. The van der Waals surface area contributed by atoms with Crippen molar-refractivity contribution in [2.45, 2.75) is 39.2 Å². The van der Waals surface area contributed by atoms with Crippen molar-refractivity contribution in [1.82, 2.24) is 5.32 Å². The van der Waals surface area contributed by atoms with Crippen molar-refractivity contribution >= 4 is 15.9 Å². The fourth-order valence-electron chi connectivity index (χ4n) is 2.19. The highest BCUT2D eigenvalue weighted by Crippen LogP contribution is 2.24. The normalized spacial score (nSPS) is 12.7. The van der Waals surface area contributed by atoms with Gasteiger partial charge in [-0.2, -0.15) is 0 Å². The zero-order valence-electron chi connectivity index (χ0n) is 11.6. The number of hydrogen-bond acceptors (Lipinski definition) is 2. The molecule has 0 spiro atoms. The van der Waals surface area contributed by atoms with E-state index in [4.69, 9.17) is 4.74 Å². The Morgan fingerprint density at radius 1 is 1.28 bits per heavy atom. The van der Waals surface area contributed by atoms with Gasteiger partial charge < -0.3 is 10.1 Å². The molecule has 0 fully saturated rings. The van der Waals surface area contributed by atoms with Crippen molar-refractivity contribution in [3.05, 3.63) is 33.8 Å². The summed E-state index contributed by atoms with van der Waals surface area (Å²) < 4.78 is 6.26. The van der Waals surface area contributed by atoms with E-state index in [1.807, 2.05) is 0 Å². The van der Waals surface area contributed by atoms with Gasteiger partial charge in [0.05, 0.1) is 0 Å². The second-order valence-electron chi connectivity index (χ2n) is 4.66. The molecule has 0 aliphatic carbocycles. The van der Waals surface area contributed by atoms with Crippen LogP contribution in [0.15, 0.2) is 22.7 Å². The molecule has 0 aromatic heterocycles. The van der Waals surface area contributed by atoms with Crippen molar-refractivity contribution in [3.63, 3.8) is 0 Å². The third-order valence-electron chi connectivity index (χ3n) is 3.01. The molecule has 2 nitrogen and oxygen atoms in total. The molecule has 0 saturated heterocycles. The lowest BCUT2D eigenvalue weighted by atomic mass is 9.99. The first-order valence-corrected chi connectivity index (χ1v) is 7.46. The molecule has 1 aromatic rings. The van der Waals surface area contributed by atoms with Gasteiger partial charge in [0.2, 0.25) is 0 Å². The summed E-state index contributed by atoms with van der Waals surface area (Å²) in [5.41, 5.74) is 2.68. The van der Waals surface area contributed by atoms with Gasteiger partial charge in [-0.1, -0.05) is 28.9 Å². The molecule has 1 atom stereocenters. The van der Waals surface area contributed by atoms with E-state index in [-0.39, 0.29) is 0 Å². The average molecular weight is 314 g/mol. The van der Waals surface area contributed by atoms with Crippen LogP contribution < -0.4 is 5.32 Å². The molecule has 18 heavy (non-hydrogen) atoms. The average Bonchev–Trinajstić information content (AvgIpc) is 2.32. The van der Waals surface area contributed by atoms with Crippen molar-refractivity contribution in [3.8, 4) is 0 Å². The van der Waals surface area contributed by atoms with Gasteiger partial charge in [-0.15, -0.1) is 0 Å². The Hall–Kier alpha value is -0.380. The molecule has 0 amide bonds. The maximum Gasteiger partial charge on any atom is 0.0462 e. The van der Waals surface area contributed by atoms with Crippen molar-refractivity contribution in [2.24, 2.45) is 0 Å². The zero-order chi connectivity index (χ0) is 13.4. The number of nitrogens with one attached hydrogen (secondary N) is 1. The number of benzene rings is 1. The standard InChI is InChI=1S/C15H24BrNO/c1-4-17-15(7-5-6-8-18-3)13-9-12(2)10-14(16)11-13/h9-11,15,17H,4-8H2,1-3H3. The second-order valence-corrected chi connectivity index (χ2v) is 5.58. The van der Waals surface area contributed by atoms with Crippen LogP contribution in [0, 0.1) is 6.92 Å². The van der Waals surface area contributed by atoms with Crippen LogP contribution in [0.1, 0.15) is 43.4 Å². The Kier molecular flexibility index (Phi) is 7.56. The van der Waals surface area contributed by atoms with Gasteiger partial charge in [-0.3, -0.25) is 0 Å². The molecule has 1 unspecified atom stereocenters. The summed E-state index contributed by atoms with van der Waals surface area (Å²) in [5, 5.41) is 3.57. The predicted octanol–water partition coefficient (Wildman–Crippen LogP) is 4.22. The maximum atomic E-state index is 5.10. The van der Waals surface area contributed by atoms with Crippen LogP contribution in [0.3, 0.4) is 0 Å². The molecule has 0 saturated carbocycles. The quantitative estimate of drug-likeness (QED) is 0.725. The fraction of sp³-hybridized carbons (Fsp3) is 0.600. The van der Waals surface area contributed by atoms with Crippen molar-refractivity contribution < 1.29 is 4.74 Å². The molecule has 1 N–H and O–H groups in total. The Labute approximate surface area is 119 Å². The maximum absolute atomic E-state index is 5.10. The first-order valence-electron chi connectivity index (χ1n) is 6.66. The molecule has 0 heterocycles. The van der Waals surface area contributed by atoms with Crippen LogP contribution >= 0.6 is 15.9 Å². The van der Waals surface area contributed by atoms with E-state index in [1.165, 1.54) is 17.5 Å². The third-order valence-corrected chi connectivity index (χ3v) is 3.47. The molecular weight excluding hydrogens is 290 g/mol. The highest BCUT2D eigenvalue weighted by Gasteiger charge is 2.10. The molecule has 102 valence electrons. The number of methoxy groups -OCH3 is 1. The van der Waals surface area contributed by atoms with Gasteiger partial charge in [0.1, 0.15) is 0 Å². The smallest absolute Gasteiger partial charge is 0.0462 e. The summed E-state index contributed by atoms with van der Waals surface area (Å²) in [6.07, 6.45) is 3.48. The third kappa shape index (κ3) is 5.51. The minimum absolute atomic E-state index is 0.447. The van der Waals surface area contributed by atoms with E-state index in [9.17, 15) is 0 Å². The van der Waals surface area contributed by atoms with Gasteiger partial charge in [0.15, 0.2) is 0 Å². The largest absolute Gasteiger partial charge is 0.385 e. The van der Waals surface area contributed by atoms with E-state index < -0.39 is 0 Å². The van der Waals surface area contributed by atoms with E-state index >= 15 is 0 Å². The van der Waals surface area contributed by atoms with Crippen LogP contribution in [0.2, 0.25) is 0 Å². The van der Waals surface area contributed by atoms with E-state index in [0.29, 0.717) is 6.04 Å². The van der Waals surface area contributed by atoms with Crippen LogP contribution in [0.25, 0.3) is 0 Å². The van der Waals surface area contributed by atoms with Gasteiger partial charge >= 0.3 is 0 Å². The fourth-order valence-corrected chi connectivity index (χ4v) is 2.82. The van der Waals surface area contributed by atoms with Gasteiger partial charge in [-0.05, 0) is 56.0 Å². The Morgan fingerprint density at radius 2 is 2.06 bits per heavy atom. The molecular formula is C15H24BrNO. The van der Waals surface area contributed by atoms with Crippen LogP contribution in [-0.4, -0.2) is 20.3 Å².